The second-order valence-electron chi connectivity index (χ2n) is 6.36. The van der Waals surface area contributed by atoms with E-state index in [0.29, 0.717) is 17.5 Å². The number of Topliss-reactive ketones (excluding diaryl/α,β-unsaturated/α-hetero) is 1. The zero-order valence-corrected chi connectivity index (χ0v) is 14.2. The lowest BCUT2D eigenvalue weighted by molar-refractivity contribution is 0.101. The Morgan fingerprint density at radius 2 is 2.12 bits per heavy atom. The smallest absolute Gasteiger partial charge is 0.232 e. The molecule has 25 heavy (non-hydrogen) atoms. The molecule has 1 aliphatic rings. The summed E-state index contributed by atoms with van der Waals surface area (Å²) in [5.74, 6) is 0.928. The zero-order valence-electron chi connectivity index (χ0n) is 14.2. The van der Waals surface area contributed by atoms with Gasteiger partial charge in [0.2, 0.25) is 5.88 Å². The van der Waals surface area contributed by atoms with E-state index >= 15 is 0 Å². The first kappa shape index (κ1) is 15.6. The van der Waals surface area contributed by atoms with Crippen molar-refractivity contribution in [2.24, 2.45) is 0 Å². The maximum Gasteiger partial charge on any atom is 0.232 e. The number of rotatable bonds is 4. The van der Waals surface area contributed by atoms with Gasteiger partial charge in [-0.2, -0.15) is 0 Å². The van der Waals surface area contributed by atoms with Gasteiger partial charge in [0.15, 0.2) is 5.78 Å². The van der Waals surface area contributed by atoms with Gasteiger partial charge < -0.3 is 4.74 Å². The normalized spacial score (nSPS) is 15.8. The Balaban J connectivity index is 1.63. The molecule has 1 N–H and O–H groups in total. The summed E-state index contributed by atoms with van der Waals surface area (Å²) >= 11 is 0. The Morgan fingerprint density at radius 3 is 2.80 bits per heavy atom. The Kier molecular flexibility index (Phi) is 3.84. The standard InChI is InChI=1S/C20H19N3O2/c1-12(24)18-8-5-15(11-21-18)17-6-3-13-9-14(4-7-16(13)17)19-10-20(25-2)23-22-19/h4-5,7-11,17H,3,6H2,1-2H3,(H,22,23). The molecule has 0 fully saturated rings. The van der Waals surface area contributed by atoms with Crippen LogP contribution in [0.1, 0.15) is 46.4 Å². The van der Waals surface area contributed by atoms with Crippen LogP contribution in [-0.4, -0.2) is 28.1 Å². The fraction of sp³-hybridized carbons (Fsp3) is 0.250. The number of benzene rings is 1. The van der Waals surface area contributed by atoms with Crippen molar-refractivity contribution in [3.63, 3.8) is 0 Å². The molecule has 3 aromatic rings. The van der Waals surface area contributed by atoms with Crippen LogP contribution in [0.3, 0.4) is 0 Å². The largest absolute Gasteiger partial charge is 0.480 e. The number of carbonyl (C=O) groups excluding carboxylic acids is 1. The van der Waals surface area contributed by atoms with Gasteiger partial charge in [0.25, 0.3) is 0 Å². The summed E-state index contributed by atoms with van der Waals surface area (Å²) in [4.78, 5) is 15.7. The summed E-state index contributed by atoms with van der Waals surface area (Å²) in [5, 5.41) is 7.11. The van der Waals surface area contributed by atoms with Gasteiger partial charge in [0.1, 0.15) is 5.69 Å². The Bertz CT molecular complexity index is 928. The fourth-order valence-corrected chi connectivity index (χ4v) is 3.51. The zero-order chi connectivity index (χ0) is 17.4. The van der Waals surface area contributed by atoms with Gasteiger partial charge in [-0.15, -0.1) is 5.10 Å². The molecule has 1 atom stereocenters. The molecule has 1 unspecified atom stereocenters. The highest BCUT2D eigenvalue weighted by atomic mass is 16.5. The third kappa shape index (κ3) is 2.82. The van der Waals surface area contributed by atoms with Gasteiger partial charge >= 0.3 is 0 Å². The number of nitrogens with zero attached hydrogens (tertiary/aromatic N) is 2. The average Bonchev–Trinajstić information content (AvgIpc) is 3.28. The molecule has 0 bridgehead atoms. The predicted octanol–water partition coefficient (Wildman–Crippen LogP) is 3.76. The van der Waals surface area contributed by atoms with E-state index in [2.05, 4.69) is 33.4 Å². The number of carbonyl (C=O) groups is 1. The van der Waals surface area contributed by atoms with Crippen LogP contribution in [0.5, 0.6) is 5.88 Å². The molecule has 2 aromatic heterocycles. The second-order valence-corrected chi connectivity index (χ2v) is 6.36. The molecule has 5 nitrogen and oxygen atoms in total. The number of pyridine rings is 1. The molecule has 0 amide bonds. The van der Waals surface area contributed by atoms with Crippen molar-refractivity contribution in [2.75, 3.05) is 7.11 Å². The summed E-state index contributed by atoms with van der Waals surface area (Å²) in [5.41, 5.74) is 6.44. The minimum atomic E-state index is -0.00185. The maximum atomic E-state index is 11.4. The van der Waals surface area contributed by atoms with Crippen LogP contribution in [0.2, 0.25) is 0 Å². The van der Waals surface area contributed by atoms with Crippen molar-refractivity contribution in [3.8, 4) is 17.1 Å². The Morgan fingerprint density at radius 1 is 1.24 bits per heavy atom. The number of hydrogen-bond acceptors (Lipinski definition) is 4. The Labute approximate surface area is 146 Å². The van der Waals surface area contributed by atoms with Gasteiger partial charge in [-0.05, 0) is 47.2 Å². The maximum absolute atomic E-state index is 11.4. The van der Waals surface area contributed by atoms with Crippen LogP contribution in [-0.2, 0) is 6.42 Å². The number of aromatic amines is 1. The number of aromatic nitrogens is 3. The number of methoxy groups -OCH3 is 1. The van der Waals surface area contributed by atoms with Crippen LogP contribution < -0.4 is 4.74 Å². The van der Waals surface area contributed by atoms with Crippen LogP contribution in [0.4, 0.5) is 0 Å². The van der Waals surface area contributed by atoms with Crippen molar-refractivity contribution < 1.29 is 9.53 Å². The highest BCUT2D eigenvalue weighted by molar-refractivity contribution is 5.92. The molecular weight excluding hydrogens is 314 g/mol. The number of H-pyrrole nitrogens is 1. The molecule has 1 aromatic carbocycles. The monoisotopic (exact) mass is 333 g/mol. The molecule has 4 rings (SSSR count). The number of ether oxygens (including phenoxy) is 1. The average molecular weight is 333 g/mol. The van der Waals surface area contributed by atoms with Gasteiger partial charge in [-0.1, -0.05) is 18.2 Å². The number of fused-ring (bicyclic) bond motifs is 1. The summed E-state index contributed by atoms with van der Waals surface area (Å²) in [6.07, 6.45) is 3.93. The number of aryl methyl sites for hydroxylation is 1. The van der Waals surface area contributed by atoms with Crippen molar-refractivity contribution in [2.45, 2.75) is 25.7 Å². The minimum absolute atomic E-state index is 0.00185. The molecule has 2 heterocycles. The molecule has 0 saturated carbocycles. The first-order valence-electron chi connectivity index (χ1n) is 8.35. The highest BCUT2D eigenvalue weighted by Crippen LogP contribution is 2.39. The first-order valence-corrected chi connectivity index (χ1v) is 8.35. The summed E-state index contributed by atoms with van der Waals surface area (Å²) in [7, 11) is 1.61. The van der Waals surface area contributed by atoms with Crippen LogP contribution >= 0.6 is 0 Å². The SMILES string of the molecule is COc1cc(-c2ccc3c(c2)CCC3c2ccc(C(C)=O)nc2)[nH]n1. The van der Waals surface area contributed by atoms with Gasteiger partial charge in [-0.25, -0.2) is 0 Å². The number of hydrogen-bond donors (Lipinski definition) is 1. The van der Waals surface area contributed by atoms with Crippen molar-refractivity contribution in [3.05, 3.63) is 65.0 Å². The van der Waals surface area contributed by atoms with Crippen LogP contribution in [0.15, 0.2) is 42.6 Å². The minimum Gasteiger partial charge on any atom is -0.480 e. The molecule has 126 valence electrons. The van der Waals surface area contributed by atoms with E-state index in [-0.39, 0.29) is 5.78 Å². The molecule has 1 aliphatic carbocycles. The van der Waals surface area contributed by atoms with E-state index in [4.69, 9.17) is 4.74 Å². The van der Waals surface area contributed by atoms with E-state index in [9.17, 15) is 4.79 Å². The Hall–Kier alpha value is -2.95. The van der Waals surface area contributed by atoms with E-state index in [1.165, 1.54) is 16.7 Å². The third-order valence-electron chi connectivity index (χ3n) is 4.84. The van der Waals surface area contributed by atoms with E-state index in [1.807, 2.05) is 24.4 Å². The van der Waals surface area contributed by atoms with E-state index in [0.717, 1.165) is 24.1 Å². The molecule has 5 heteroatoms. The lowest BCUT2D eigenvalue weighted by Gasteiger charge is -2.12. The number of nitrogens with one attached hydrogen (secondary N) is 1. The summed E-state index contributed by atoms with van der Waals surface area (Å²) < 4.78 is 5.14. The fourth-order valence-electron chi connectivity index (χ4n) is 3.51. The number of ketones is 1. The van der Waals surface area contributed by atoms with Crippen molar-refractivity contribution in [1.29, 1.82) is 0 Å². The highest BCUT2D eigenvalue weighted by Gasteiger charge is 2.25. The molecule has 0 spiro atoms. The lowest BCUT2D eigenvalue weighted by atomic mass is 9.93. The first-order chi connectivity index (χ1) is 12.2. The third-order valence-corrected chi connectivity index (χ3v) is 4.84. The van der Waals surface area contributed by atoms with Crippen molar-refractivity contribution in [1.82, 2.24) is 15.2 Å². The van der Waals surface area contributed by atoms with Gasteiger partial charge in [-0.3, -0.25) is 14.9 Å². The van der Waals surface area contributed by atoms with Crippen LogP contribution in [0, 0.1) is 0 Å². The summed E-state index contributed by atoms with van der Waals surface area (Å²) in [6, 6.07) is 12.3. The van der Waals surface area contributed by atoms with Crippen LogP contribution in [0.25, 0.3) is 11.3 Å². The topological polar surface area (TPSA) is 67.9 Å². The lowest BCUT2D eigenvalue weighted by Crippen LogP contribution is -2.01. The summed E-state index contributed by atoms with van der Waals surface area (Å²) in [6.45, 7) is 1.54. The second kappa shape index (κ2) is 6.16. The quantitative estimate of drug-likeness (QED) is 0.738. The molecule has 0 radical (unpaired) electrons. The molecule has 0 saturated heterocycles. The van der Waals surface area contributed by atoms with E-state index < -0.39 is 0 Å². The van der Waals surface area contributed by atoms with E-state index in [1.54, 1.807) is 14.0 Å². The molecular formula is C20H19N3O2. The molecule has 0 aliphatic heterocycles. The van der Waals surface area contributed by atoms with Gasteiger partial charge in [0.05, 0.1) is 12.8 Å². The van der Waals surface area contributed by atoms with Gasteiger partial charge in [0, 0.05) is 25.1 Å². The van der Waals surface area contributed by atoms with Crippen molar-refractivity contribution >= 4 is 5.78 Å². The predicted molar refractivity (Wildman–Crippen MR) is 95.0 cm³/mol.